The second-order valence-electron chi connectivity index (χ2n) is 4.96. The molecule has 2 aromatic rings. The molecule has 0 saturated carbocycles. The molecular weight excluding hydrogens is 234 g/mol. The van der Waals surface area contributed by atoms with Crippen LogP contribution in [0, 0.1) is 0 Å². The van der Waals surface area contributed by atoms with Gasteiger partial charge in [0, 0.05) is 11.9 Å². The fourth-order valence-corrected chi connectivity index (χ4v) is 2.16. The second kappa shape index (κ2) is 7.15. The summed E-state index contributed by atoms with van der Waals surface area (Å²) in [5.41, 5.74) is 0. The van der Waals surface area contributed by atoms with Gasteiger partial charge < -0.3 is 10.1 Å². The molecule has 0 saturated heterocycles. The zero-order valence-corrected chi connectivity index (χ0v) is 11.9. The smallest absolute Gasteiger partial charge is 0.127 e. The van der Waals surface area contributed by atoms with Crippen LogP contribution < -0.4 is 10.1 Å². The average molecular weight is 257 g/mol. The number of hydrogen-bond acceptors (Lipinski definition) is 2. The highest BCUT2D eigenvalue weighted by Crippen LogP contribution is 2.25. The summed E-state index contributed by atoms with van der Waals surface area (Å²) < 4.78 is 6.05. The van der Waals surface area contributed by atoms with E-state index in [1.165, 1.54) is 23.6 Å². The maximum absolute atomic E-state index is 6.05. The Bertz CT molecular complexity index is 504. The topological polar surface area (TPSA) is 21.3 Å². The molecule has 0 aliphatic heterocycles. The number of fused-ring (bicyclic) bond motifs is 1. The Balaban J connectivity index is 1.97. The van der Waals surface area contributed by atoms with Gasteiger partial charge in [-0.25, -0.2) is 0 Å². The van der Waals surface area contributed by atoms with E-state index in [1.54, 1.807) is 0 Å². The third kappa shape index (κ3) is 3.97. The van der Waals surface area contributed by atoms with E-state index in [1.807, 2.05) is 6.07 Å². The highest BCUT2D eigenvalue weighted by atomic mass is 16.5. The first-order chi connectivity index (χ1) is 9.31. The first-order valence-corrected chi connectivity index (χ1v) is 7.16. The minimum absolute atomic E-state index is 0.183. The van der Waals surface area contributed by atoms with Crippen molar-refractivity contribution in [3.05, 3.63) is 42.5 Å². The summed E-state index contributed by atoms with van der Waals surface area (Å²) in [6.07, 6.45) is 2.63. The molecule has 2 rings (SSSR count). The van der Waals surface area contributed by atoms with Crippen LogP contribution in [0.4, 0.5) is 0 Å². The Kier molecular flexibility index (Phi) is 5.22. The van der Waals surface area contributed by atoms with E-state index >= 15 is 0 Å². The van der Waals surface area contributed by atoms with Crippen molar-refractivity contribution in [2.75, 3.05) is 13.1 Å². The summed E-state index contributed by atoms with van der Waals surface area (Å²) in [5.74, 6) is 0.975. The molecule has 0 amide bonds. The zero-order valence-electron chi connectivity index (χ0n) is 11.9. The van der Waals surface area contributed by atoms with Gasteiger partial charge in [-0.2, -0.15) is 0 Å². The van der Waals surface area contributed by atoms with Gasteiger partial charge in [0.05, 0.1) is 0 Å². The van der Waals surface area contributed by atoms with E-state index in [4.69, 9.17) is 4.74 Å². The summed E-state index contributed by atoms with van der Waals surface area (Å²) >= 11 is 0. The minimum Gasteiger partial charge on any atom is -0.489 e. The summed E-state index contributed by atoms with van der Waals surface area (Å²) in [6, 6.07) is 14.6. The third-order valence-corrected chi connectivity index (χ3v) is 3.22. The maximum atomic E-state index is 6.05. The lowest BCUT2D eigenvalue weighted by atomic mass is 10.1. The zero-order chi connectivity index (χ0) is 13.5. The normalized spacial score (nSPS) is 12.5. The van der Waals surface area contributed by atoms with Crippen LogP contribution in [0.1, 0.15) is 26.7 Å². The van der Waals surface area contributed by atoms with Gasteiger partial charge in [-0.3, -0.25) is 0 Å². The van der Waals surface area contributed by atoms with Crippen LogP contribution in [-0.4, -0.2) is 19.2 Å². The first kappa shape index (κ1) is 13.9. The molecule has 0 aliphatic carbocycles. The molecule has 1 unspecified atom stereocenters. The van der Waals surface area contributed by atoms with Crippen LogP contribution >= 0.6 is 0 Å². The fourth-order valence-electron chi connectivity index (χ4n) is 2.16. The van der Waals surface area contributed by atoms with Gasteiger partial charge in [-0.05, 0) is 31.3 Å². The van der Waals surface area contributed by atoms with E-state index in [0.717, 1.165) is 18.8 Å². The molecule has 2 aromatic carbocycles. The molecule has 0 fully saturated rings. The molecule has 2 nitrogen and oxygen atoms in total. The van der Waals surface area contributed by atoms with Crippen molar-refractivity contribution < 1.29 is 4.74 Å². The van der Waals surface area contributed by atoms with E-state index in [2.05, 4.69) is 55.6 Å². The van der Waals surface area contributed by atoms with Gasteiger partial charge in [0.15, 0.2) is 0 Å². The quantitative estimate of drug-likeness (QED) is 0.757. The number of hydrogen-bond donors (Lipinski definition) is 1. The molecule has 0 heterocycles. The molecule has 0 radical (unpaired) electrons. The maximum Gasteiger partial charge on any atom is 0.127 e. The van der Waals surface area contributed by atoms with E-state index in [0.29, 0.717) is 0 Å². The minimum atomic E-state index is 0.183. The van der Waals surface area contributed by atoms with Gasteiger partial charge in [-0.1, -0.05) is 49.7 Å². The number of ether oxygens (including phenoxy) is 1. The average Bonchev–Trinajstić information content (AvgIpc) is 2.44. The van der Waals surface area contributed by atoms with Crippen molar-refractivity contribution in [1.29, 1.82) is 0 Å². The van der Waals surface area contributed by atoms with Crippen molar-refractivity contribution in [2.24, 2.45) is 0 Å². The van der Waals surface area contributed by atoms with Crippen molar-refractivity contribution in [2.45, 2.75) is 32.8 Å². The van der Waals surface area contributed by atoms with Gasteiger partial charge in [0.25, 0.3) is 0 Å². The monoisotopic (exact) mass is 257 g/mol. The summed E-state index contributed by atoms with van der Waals surface area (Å²) in [6.45, 7) is 6.28. The number of rotatable bonds is 7. The predicted octanol–water partition coefficient (Wildman–Crippen LogP) is 4.00. The molecule has 1 N–H and O–H groups in total. The number of nitrogens with one attached hydrogen (secondary N) is 1. The molecule has 0 aliphatic rings. The van der Waals surface area contributed by atoms with Crippen LogP contribution in [0.3, 0.4) is 0 Å². The summed E-state index contributed by atoms with van der Waals surface area (Å²) in [5, 5.41) is 5.84. The van der Waals surface area contributed by atoms with Crippen molar-refractivity contribution >= 4 is 10.8 Å². The standard InChI is InChI=1S/C17H23NO/c1-3-4-12-18-13-14(2)19-17-11-7-9-15-8-5-6-10-16(15)17/h5-11,14,18H,3-4,12-13H2,1-2H3. The lowest BCUT2D eigenvalue weighted by Gasteiger charge is -2.17. The highest BCUT2D eigenvalue weighted by Gasteiger charge is 2.06. The van der Waals surface area contributed by atoms with Crippen LogP contribution in [0.15, 0.2) is 42.5 Å². The van der Waals surface area contributed by atoms with Gasteiger partial charge in [0.1, 0.15) is 11.9 Å². The highest BCUT2D eigenvalue weighted by molar-refractivity contribution is 5.88. The van der Waals surface area contributed by atoms with E-state index < -0.39 is 0 Å². The Labute approximate surface area is 115 Å². The van der Waals surface area contributed by atoms with Crippen molar-refractivity contribution in [3.8, 4) is 5.75 Å². The molecule has 1 atom stereocenters. The third-order valence-electron chi connectivity index (χ3n) is 3.22. The van der Waals surface area contributed by atoms with Crippen LogP contribution in [0.2, 0.25) is 0 Å². The number of benzene rings is 2. The Hall–Kier alpha value is -1.54. The van der Waals surface area contributed by atoms with Crippen LogP contribution in [0.5, 0.6) is 5.75 Å². The molecule has 0 bridgehead atoms. The summed E-state index contributed by atoms with van der Waals surface area (Å²) in [4.78, 5) is 0. The fraction of sp³-hybridized carbons (Fsp3) is 0.412. The molecular formula is C17H23NO. The predicted molar refractivity (Wildman–Crippen MR) is 81.8 cm³/mol. The largest absolute Gasteiger partial charge is 0.489 e. The molecule has 0 aromatic heterocycles. The summed E-state index contributed by atoms with van der Waals surface area (Å²) in [7, 11) is 0. The van der Waals surface area contributed by atoms with Crippen molar-refractivity contribution in [1.82, 2.24) is 5.32 Å². The molecule has 19 heavy (non-hydrogen) atoms. The van der Waals surface area contributed by atoms with Crippen molar-refractivity contribution in [3.63, 3.8) is 0 Å². The molecule has 102 valence electrons. The lowest BCUT2D eigenvalue weighted by Crippen LogP contribution is -2.29. The van der Waals surface area contributed by atoms with Crippen LogP contribution in [-0.2, 0) is 0 Å². The van der Waals surface area contributed by atoms with E-state index in [-0.39, 0.29) is 6.10 Å². The van der Waals surface area contributed by atoms with Crippen LogP contribution in [0.25, 0.3) is 10.8 Å². The Morgan fingerprint density at radius 3 is 2.74 bits per heavy atom. The molecule has 2 heteroatoms. The number of unbranched alkanes of at least 4 members (excludes halogenated alkanes) is 1. The SMILES string of the molecule is CCCCNCC(C)Oc1cccc2ccccc12. The Morgan fingerprint density at radius 2 is 1.89 bits per heavy atom. The lowest BCUT2D eigenvalue weighted by molar-refractivity contribution is 0.220. The van der Waals surface area contributed by atoms with E-state index in [9.17, 15) is 0 Å². The van der Waals surface area contributed by atoms with Gasteiger partial charge >= 0.3 is 0 Å². The first-order valence-electron chi connectivity index (χ1n) is 7.16. The Morgan fingerprint density at radius 1 is 1.11 bits per heavy atom. The van der Waals surface area contributed by atoms with Gasteiger partial charge in [-0.15, -0.1) is 0 Å². The second-order valence-corrected chi connectivity index (χ2v) is 4.96. The molecule has 0 spiro atoms. The van der Waals surface area contributed by atoms with Gasteiger partial charge in [0.2, 0.25) is 0 Å².